The van der Waals surface area contributed by atoms with Gasteiger partial charge in [0.25, 0.3) is 0 Å². The van der Waals surface area contributed by atoms with Gasteiger partial charge in [0, 0.05) is 18.8 Å². The zero-order chi connectivity index (χ0) is 13.7. The summed E-state index contributed by atoms with van der Waals surface area (Å²) in [5.41, 5.74) is 7.37. The van der Waals surface area contributed by atoms with Gasteiger partial charge in [-0.15, -0.1) is 12.4 Å². The predicted octanol–water partition coefficient (Wildman–Crippen LogP) is 1.33. The fourth-order valence-corrected chi connectivity index (χ4v) is 3.47. The highest BCUT2D eigenvalue weighted by Crippen LogP contribution is 2.13. The highest BCUT2D eigenvalue weighted by atomic mass is 35.5. The molecule has 0 radical (unpaired) electrons. The molecular formula is C13H21ClN2O3S. The Balaban J connectivity index is 0.00000200. The second kappa shape index (κ2) is 7.83. The van der Waals surface area contributed by atoms with E-state index in [1.165, 1.54) is 0 Å². The van der Waals surface area contributed by atoms with Gasteiger partial charge >= 0.3 is 0 Å². The van der Waals surface area contributed by atoms with Crippen molar-refractivity contribution < 1.29 is 13.2 Å². The first-order valence-electron chi connectivity index (χ1n) is 6.48. The number of nitrogens with one attached hydrogen (secondary N) is 1. The molecule has 0 bridgehead atoms. The molecule has 1 aliphatic heterocycles. The van der Waals surface area contributed by atoms with Gasteiger partial charge in [-0.1, -0.05) is 12.1 Å². The van der Waals surface area contributed by atoms with Crippen molar-refractivity contribution in [3.8, 4) is 0 Å². The summed E-state index contributed by atoms with van der Waals surface area (Å²) in [4.78, 5) is 0. The predicted molar refractivity (Wildman–Crippen MR) is 82.6 cm³/mol. The lowest BCUT2D eigenvalue weighted by atomic mass is 10.1. The van der Waals surface area contributed by atoms with E-state index in [2.05, 4.69) is 4.72 Å². The van der Waals surface area contributed by atoms with Gasteiger partial charge in [0.1, 0.15) is 0 Å². The van der Waals surface area contributed by atoms with Crippen LogP contribution in [0.2, 0.25) is 0 Å². The highest BCUT2D eigenvalue weighted by molar-refractivity contribution is 7.90. The Morgan fingerprint density at radius 1 is 1.30 bits per heavy atom. The lowest BCUT2D eigenvalue weighted by molar-refractivity contribution is 0.0988. The molecule has 0 spiro atoms. The molecule has 1 unspecified atom stereocenters. The number of anilines is 1. The SMILES string of the molecule is Cl.Nc1ccc(CCNS(=O)(=O)C2CCCOC2)cc1. The van der Waals surface area contributed by atoms with Crippen molar-refractivity contribution in [3.05, 3.63) is 29.8 Å². The maximum atomic E-state index is 12.0. The Hall–Kier alpha value is -0.820. The average Bonchev–Trinajstić information content (AvgIpc) is 2.42. The normalized spacial score (nSPS) is 19.3. The first-order valence-corrected chi connectivity index (χ1v) is 8.03. The number of benzene rings is 1. The largest absolute Gasteiger partial charge is 0.399 e. The Kier molecular flexibility index (Phi) is 6.75. The van der Waals surface area contributed by atoms with Gasteiger partial charge in [-0.25, -0.2) is 13.1 Å². The van der Waals surface area contributed by atoms with E-state index in [-0.39, 0.29) is 12.4 Å². The maximum absolute atomic E-state index is 12.0. The van der Waals surface area contributed by atoms with E-state index in [1.807, 2.05) is 24.3 Å². The molecular weight excluding hydrogens is 300 g/mol. The van der Waals surface area contributed by atoms with E-state index in [1.54, 1.807) is 0 Å². The standard InChI is InChI=1S/C13H20N2O3S.ClH/c14-12-5-3-11(4-6-12)7-8-15-19(16,17)13-2-1-9-18-10-13;/h3-6,13,15H,1-2,7-10,14H2;1H. The number of hydrogen-bond donors (Lipinski definition) is 2. The summed E-state index contributed by atoms with van der Waals surface area (Å²) in [5.74, 6) is 0. The summed E-state index contributed by atoms with van der Waals surface area (Å²) in [7, 11) is -3.26. The fraction of sp³-hybridized carbons (Fsp3) is 0.538. The molecule has 0 saturated carbocycles. The summed E-state index contributed by atoms with van der Waals surface area (Å²) < 4.78 is 31.9. The minimum absolute atomic E-state index is 0. The molecule has 1 atom stereocenters. The quantitative estimate of drug-likeness (QED) is 0.802. The number of nitrogens with two attached hydrogens (primary N) is 1. The van der Waals surface area contributed by atoms with E-state index < -0.39 is 15.3 Å². The van der Waals surface area contributed by atoms with Crippen LogP contribution in [0.1, 0.15) is 18.4 Å². The molecule has 5 nitrogen and oxygen atoms in total. The van der Waals surface area contributed by atoms with Gasteiger partial charge in [-0.05, 0) is 37.0 Å². The number of nitrogen functional groups attached to an aromatic ring is 1. The van der Waals surface area contributed by atoms with Crippen molar-refractivity contribution in [2.24, 2.45) is 0 Å². The first-order chi connectivity index (χ1) is 9.08. The molecule has 3 N–H and O–H groups in total. The second-order valence-corrected chi connectivity index (χ2v) is 6.82. The van der Waals surface area contributed by atoms with Crippen LogP contribution >= 0.6 is 12.4 Å². The average molecular weight is 321 g/mol. The maximum Gasteiger partial charge on any atom is 0.216 e. The third-order valence-electron chi connectivity index (χ3n) is 3.25. The highest BCUT2D eigenvalue weighted by Gasteiger charge is 2.27. The molecule has 1 saturated heterocycles. The fourth-order valence-electron chi connectivity index (χ4n) is 2.10. The van der Waals surface area contributed by atoms with Gasteiger partial charge in [-0.2, -0.15) is 0 Å². The van der Waals surface area contributed by atoms with Crippen LogP contribution < -0.4 is 10.5 Å². The summed E-state index contributed by atoms with van der Waals surface area (Å²) >= 11 is 0. The van der Waals surface area contributed by atoms with Crippen LogP contribution in [-0.2, 0) is 21.2 Å². The van der Waals surface area contributed by atoms with Crippen LogP contribution in [0.3, 0.4) is 0 Å². The number of sulfonamides is 1. The Bertz CT molecular complexity index is 499. The molecule has 1 aliphatic rings. The molecule has 2 rings (SSSR count). The first kappa shape index (κ1) is 17.2. The van der Waals surface area contributed by atoms with Gasteiger partial charge in [-0.3, -0.25) is 0 Å². The minimum atomic E-state index is -3.26. The van der Waals surface area contributed by atoms with Crippen molar-refractivity contribution in [3.63, 3.8) is 0 Å². The van der Waals surface area contributed by atoms with E-state index in [0.717, 1.165) is 12.0 Å². The van der Waals surface area contributed by atoms with E-state index in [0.29, 0.717) is 38.3 Å². The summed E-state index contributed by atoms with van der Waals surface area (Å²) in [6.45, 7) is 1.37. The molecule has 7 heteroatoms. The second-order valence-electron chi connectivity index (χ2n) is 4.77. The zero-order valence-electron chi connectivity index (χ0n) is 11.2. The van der Waals surface area contributed by atoms with Crippen LogP contribution in [0.15, 0.2) is 24.3 Å². The summed E-state index contributed by atoms with van der Waals surface area (Å²) in [5, 5.41) is -0.410. The number of rotatable bonds is 5. The molecule has 1 aromatic carbocycles. The molecule has 1 aromatic rings. The molecule has 0 amide bonds. The van der Waals surface area contributed by atoms with Crippen molar-refractivity contribution in [1.82, 2.24) is 4.72 Å². The lowest BCUT2D eigenvalue weighted by Crippen LogP contribution is -2.40. The molecule has 1 fully saturated rings. The summed E-state index contributed by atoms with van der Waals surface area (Å²) in [6, 6.07) is 7.46. The lowest BCUT2D eigenvalue weighted by Gasteiger charge is -2.22. The topological polar surface area (TPSA) is 81.4 Å². The van der Waals surface area contributed by atoms with E-state index in [4.69, 9.17) is 10.5 Å². The molecule has 0 aromatic heterocycles. The van der Waals surface area contributed by atoms with Crippen molar-refractivity contribution in [1.29, 1.82) is 0 Å². The molecule has 114 valence electrons. The summed E-state index contributed by atoms with van der Waals surface area (Å²) in [6.07, 6.45) is 2.15. The third kappa shape index (κ3) is 4.94. The van der Waals surface area contributed by atoms with Crippen LogP contribution in [0.5, 0.6) is 0 Å². The van der Waals surface area contributed by atoms with E-state index in [9.17, 15) is 8.42 Å². The smallest absolute Gasteiger partial charge is 0.216 e. The number of hydrogen-bond acceptors (Lipinski definition) is 4. The van der Waals surface area contributed by atoms with Crippen molar-refractivity contribution in [2.75, 3.05) is 25.5 Å². The monoisotopic (exact) mass is 320 g/mol. The number of ether oxygens (including phenoxy) is 1. The Morgan fingerprint density at radius 2 is 2.00 bits per heavy atom. The van der Waals surface area contributed by atoms with Crippen LogP contribution in [-0.4, -0.2) is 33.4 Å². The Morgan fingerprint density at radius 3 is 2.60 bits per heavy atom. The molecule has 1 heterocycles. The molecule has 0 aliphatic carbocycles. The van der Waals surface area contributed by atoms with Gasteiger partial charge in [0.2, 0.25) is 10.0 Å². The Labute approximate surface area is 126 Å². The minimum Gasteiger partial charge on any atom is -0.399 e. The molecule has 20 heavy (non-hydrogen) atoms. The third-order valence-corrected chi connectivity index (χ3v) is 5.11. The van der Waals surface area contributed by atoms with Crippen molar-refractivity contribution >= 4 is 28.1 Å². The van der Waals surface area contributed by atoms with Gasteiger partial charge < -0.3 is 10.5 Å². The van der Waals surface area contributed by atoms with Gasteiger partial charge in [0.15, 0.2) is 0 Å². The van der Waals surface area contributed by atoms with E-state index >= 15 is 0 Å². The van der Waals surface area contributed by atoms with Crippen LogP contribution in [0, 0.1) is 0 Å². The zero-order valence-corrected chi connectivity index (χ0v) is 12.9. The van der Waals surface area contributed by atoms with Crippen LogP contribution in [0.4, 0.5) is 5.69 Å². The number of halogens is 1. The van der Waals surface area contributed by atoms with Crippen LogP contribution in [0.25, 0.3) is 0 Å². The van der Waals surface area contributed by atoms with Gasteiger partial charge in [0.05, 0.1) is 11.9 Å². The van der Waals surface area contributed by atoms with Crippen molar-refractivity contribution in [2.45, 2.75) is 24.5 Å².